The molecule has 184 valence electrons. The summed E-state index contributed by atoms with van der Waals surface area (Å²) >= 11 is 13.3. The zero-order chi connectivity index (χ0) is 26.0. The molecule has 0 fully saturated rings. The van der Waals surface area contributed by atoms with Gasteiger partial charge in [0.2, 0.25) is 0 Å². The van der Waals surface area contributed by atoms with Crippen LogP contribution in [0.25, 0.3) is 6.08 Å². The van der Waals surface area contributed by atoms with E-state index in [2.05, 4.69) is 43.5 Å². The van der Waals surface area contributed by atoms with Crippen molar-refractivity contribution in [2.24, 2.45) is 4.99 Å². The van der Waals surface area contributed by atoms with Gasteiger partial charge in [0.05, 0.1) is 26.0 Å². The molecule has 0 spiro atoms. The summed E-state index contributed by atoms with van der Waals surface area (Å²) in [6, 6.07) is 11.9. The number of esters is 1. The van der Waals surface area contributed by atoms with Gasteiger partial charge in [0.1, 0.15) is 17.9 Å². The number of aromatic nitrogens is 1. The number of benzene rings is 2. The maximum atomic E-state index is 13.8. The van der Waals surface area contributed by atoms with Crippen LogP contribution in [0.1, 0.15) is 31.0 Å². The van der Waals surface area contributed by atoms with Crippen LogP contribution in [0.4, 0.5) is 0 Å². The lowest BCUT2D eigenvalue weighted by Crippen LogP contribution is -2.40. The lowest BCUT2D eigenvalue weighted by molar-refractivity contribution is -0.139. The highest BCUT2D eigenvalue weighted by Crippen LogP contribution is 2.35. The summed E-state index contributed by atoms with van der Waals surface area (Å²) in [5.74, 6) is -0.0519. The number of ether oxygens (including phenoxy) is 2. The average Bonchev–Trinajstić information content (AvgIpc) is 3.12. The zero-order valence-electron chi connectivity index (χ0n) is 19.0. The Bertz CT molecular complexity index is 1620. The number of carbonyl (C=O) groups is 1. The molecule has 0 radical (unpaired) electrons. The number of halogens is 3. The lowest BCUT2D eigenvalue weighted by Gasteiger charge is -2.25. The molecule has 0 unspecified atom stereocenters. The van der Waals surface area contributed by atoms with Crippen LogP contribution in [-0.2, 0) is 9.53 Å². The summed E-state index contributed by atoms with van der Waals surface area (Å²) in [5, 5.41) is 9.41. The Hall–Kier alpha value is -2.46. The molecular weight excluding hydrogens is 681 g/mol. The van der Waals surface area contributed by atoms with Gasteiger partial charge in [-0.2, -0.15) is 5.26 Å². The van der Waals surface area contributed by atoms with Crippen LogP contribution in [0.3, 0.4) is 0 Å². The third-order valence-electron chi connectivity index (χ3n) is 5.32. The number of hydrogen-bond acceptors (Lipinski definition) is 7. The molecule has 0 aliphatic carbocycles. The predicted octanol–water partition coefficient (Wildman–Crippen LogP) is 4.72. The van der Waals surface area contributed by atoms with Crippen molar-refractivity contribution in [3.8, 4) is 11.8 Å². The monoisotopic (exact) mass is 697 g/mol. The highest BCUT2D eigenvalue weighted by Gasteiger charge is 2.34. The number of fused-ring (bicyclic) bond motifs is 1. The van der Waals surface area contributed by atoms with Crippen molar-refractivity contribution in [3.63, 3.8) is 0 Å². The fourth-order valence-corrected chi connectivity index (χ4v) is 6.85. The fraction of sp³-hybridized carbons (Fsp3) is 0.200. The Balaban J connectivity index is 1.99. The maximum absolute atomic E-state index is 13.8. The number of nitriles is 1. The van der Waals surface area contributed by atoms with E-state index < -0.39 is 12.0 Å². The van der Waals surface area contributed by atoms with Crippen molar-refractivity contribution < 1.29 is 14.3 Å². The first-order chi connectivity index (χ1) is 17.3. The number of allylic oxidation sites excluding steroid dienone is 1. The second-order valence-electron chi connectivity index (χ2n) is 7.58. The van der Waals surface area contributed by atoms with Gasteiger partial charge in [-0.25, -0.2) is 9.79 Å². The van der Waals surface area contributed by atoms with Crippen LogP contribution in [-0.4, -0.2) is 23.8 Å². The van der Waals surface area contributed by atoms with E-state index >= 15 is 0 Å². The lowest BCUT2D eigenvalue weighted by atomic mass is 9.96. The molecule has 0 bridgehead atoms. The molecule has 2 heterocycles. The third-order valence-corrected chi connectivity index (χ3v) is 7.91. The van der Waals surface area contributed by atoms with Gasteiger partial charge in [-0.1, -0.05) is 57.1 Å². The molecule has 0 amide bonds. The van der Waals surface area contributed by atoms with E-state index in [9.17, 15) is 9.59 Å². The smallest absolute Gasteiger partial charge is 0.338 e. The second-order valence-corrected chi connectivity index (χ2v) is 11.1. The van der Waals surface area contributed by atoms with Crippen molar-refractivity contribution in [1.82, 2.24) is 4.57 Å². The van der Waals surface area contributed by atoms with Gasteiger partial charge in [-0.15, -0.1) is 0 Å². The maximum Gasteiger partial charge on any atom is 0.338 e. The van der Waals surface area contributed by atoms with Crippen molar-refractivity contribution >= 4 is 73.5 Å². The normalized spacial score (nSPS) is 15.2. The van der Waals surface area contributed by atoms with Gasteiger partial charge in [0.25, 0.3) is 5.56 Å². The number of nitrogens with zero attached hydrogens (tertiary/aromatic N) is 3. The number of thiazole rings is 1. The Morgan fingerprint density at radius 1 is 1.39 bits per heavy atom. The molecule has 3 aromatic rings. The zero-order valence-corrected chi connectivity index (χ0v) is 24.4. The van der Waals surface area contributed by atoms with Crippen LogP contribution in [0.15, 0.2) is 61.9 Å². The van der Waals surface area contributed by atoms with Crippen LogP contribution < -0.4 is 19.6 Å². The van der Waals surface area contributed by atoms with Gasteiger partial charge in [0, 0.05) is 15.1 Å². The Morgan fingerprint density at radius 3 is 2.83 bits per heavy atom. The van der Waals surface area contributed by atoms with E-state index in [1.807, 2.05) is 18.2 Å². The summed E-state index contributed by atoms with van der Waals surface area (Å²) in [7, 11) is 0. The van der Waals surface area contributed by atoms with E-state index in [0.717, 1.165) is 8.04 Å². The fourth-order valence-electron chi connectivity index (χ4n) is 3.87. The Morgan fingerprint density at radius 2 is 2.14 bits per heavy atom. The van der Waals surface area contributed by atoms with Crippen LogP contribution >= 0.6 is 61.5 Å². The van der Waals surface area contributed by atoms with Gasteiger partial charge >= 0.3 is 5.97 Å². The van der Waals surface area contributed by atoms with Crippen molar-refractivity contribution in [2.75, 3.05) is 13.2 Å². The summed E-state index contributed by atoms with van der Waals surface area (Å²) in [6.45, 7) is 3.49. The Labute approximate surface area is 237 Å². The first kappa shape index (κ1) is 26.6. The SMILES string of the molecule is CCOC(=O)C1=C(C)N=c2s/c(=C\c3cc(Br)cc(I)c3OCC#N)c(=O)n2[C@H]1c1ccccc1Cl. The van der Waals surface area contributed by atoms with Crippen molar-refractivity contribution in [3.05, 3.63) is 91.5 Å². The summed E-state index contributed by atoms with van der Waals surface area (Å²) in [6.07, 6.45) is 1.70. The molecule has 0 N–H and O–H groups in total. The average molecular weight is 699 g/mol. The Kier molecular flexibility index (Phi) is 8.34. The topological polar surface area (TPSA) is 93.7 Å². The van der Waals surface area contributed by atoms with Gasteiger partial charge < -0.3 is 9.47 Å². The molecule has 11 heteroatoms. The first-order valence-electron chi connectivity index (χ1n) is 10.7. The van der Waals surface area contributed by atoms with E-state index in [1.54, 1.807) is 44.2 Å². The molecule has 0 saturated carbocycles. The third kappa shape index (κ3) is 5.16. The first-order valence-corrected chi connectivity index (χ1v) is 13.8. The highest BCUT2D eigenvalue weighted by molar-refractivity contribution is 14.1. The minimum Gasteiger partial charge on any atom is -0.477 e. The number of carbonyl (C=O) groups excluding carboxylic acids is 1. The molecule has 2 aromatic carbocycles. The molecular formula is C25H18BrClIN3O4S. The molecule has 7 nitrogen and oxygen atoms in total. The molecule has 1 aliphatic heterocycles. The molecule has 4 rings (SSSR count). The minimum atomic E-state index is -0.798. The van der Waals surface area contributed by atoms with Crippen molar-refractivity contribution in [2.45, 2.75) is 19.9 Å². The highest BCUT2D eigenvalue weighted by atomic mass is 127. The molecule has 1 atom stereocenters. The van der Waals surface area contributed by atoms with E-state index in [-0.39, 0.29) is 24.3 Å². The van der Waals surface area contributed by atoms with Crippen molar-refractivity contribution in [1.29, 1.82) is 5.26 Å². The summed E-state index contributed by atoms with van der Waals surface area (Å²) < 4.78 is 14.4. The van der Waals surface area contributed by atoms with Gasteiger partial charge in [-0.3, -0.25) is 9.36 Å². The minimum absolute atomic E-state index is 0.131. The largest absolute Gasteiger partial charge is 0.477 e. The molecule has 0 saturated heterocycles. The van der Waals surface area contributed by atoms with Gasteiger partial charge in [0.15, 0.2) is 11.4 Å². The number of rotatable bonds is 6. The van der Waals surface area contributed by atoms with Crippen LogP contribution in [0.5, 0.6) is 5.75 Å². The van der Waals surface area contributed by atoms with Crippen LogP contribution in [0.2, 0.25) is 5.02 Å². The summed E-state index contributed by atoms with van der Waals surface area (Å²) in [5.41, 5.74) is 1.61. The molecule has 36 heavy (non-hydrogen) atoms. The van der Waals surface area contributed by atoms with E-state index in [0.29, 0.717) is 36.9 Å². The van der Waals surface area contributed by atoms with Gasteiger partial charge in [-0.05, 0) is 66.3 Å². The second kappa shape index (κ2) is 11.3. The predicted molar refractivity (Wildman–Crippen MR) is 150 cm³/mol. The quantitative estimate of drug-likeness (QED) is 0.275. The van der Waals surface area contributed by atoms with E-state index in [4.69, 9.17) is 26.3 Å². The van der Waals surface area contributed by atoms with E-state index in [1.165, 1.54) is 15.9 Å². The molecule has 1 aliphatic rings. The summed E-state index contributed by atoms with van der Waals surface area (Å²) in [4.78, 5) is 31.8. The standard InChI is InChI=1S/C25H18BrClIN3O4S/c1-3-34-24(33)20-13(2)30-25-31(21(20)16-6-4-5-7-17(16)27)23(32)19(36-25)11-14-10-15(26)12-18(28)22(14)35-9-8-29/h4-7,10-12,21H,3,9H2,1-2H3/b19-11-/t21-/m0/s1. The van der Waals surface area contributed by atoms with Crippen LogP contribution in [0, 0.1) is 14.9 Å². The molecule has 1 aromatic heterocycles. The number of hydrogen-bond donors (Lipinski definition) is 0.